The maximum Gasteiger partial charge on any atom is 0.223 e. The molecule has 7 heteroatoms. The first-order chi connectivity index (χ1) is 7.41. The van der Waals surface area contributed by atoms with Gasteiger partial charge in [0.1, 0.15) is 17.3 Å². The van der Waals surface area contributed by atoms with Gasteiger partial charge in [0.05, 0.1) is 0 Å². The standard InChI is InChI=1S/C9H12FN5O/c1-4-5(10)2-3-6(7(4)16)14-9(13)15-8(11)12/h2-3,16H,1H3,(H6,11,12,13,14,15). The van der Waals surface area contributed by atoms with Crippen molar-refractivity contribution in [3.63, 3.8) is 0 Å². The van der Waals surface area contributed by atoms with Crippen LogP contribution in [0.5, 0.6) is 5.75 Å². The number of nitrogens with zero attached hydrogens (tertiary/aromatic N) is 2. The Morgan fingerprint density at radius 1 is 1.31 bits per heavy atom. The minimum atomic E-state index is -0.531. The molecule has 16 heavy (non-hydrogen) atoms. The molecule has 86 valence electrons. The Balaban J connectivity index is 3.17. The van der Waals surface area contributed by atoms with Gasteiger partial charge in [-0.05, 0) is 19.1 Å². The zero-order valence-corrected chi connectivity index (χ0v) is 8.61. The maximum atomic E-state index is 13.0. The first kappa shape index (κ1) is 11.8. The lowest BCUT2D eigenvalue weighted by Crippen LogP contribution is -2.26. The highest BCUT2D eigenvalue weighted by Crippen LogP contribution is 2.31. The number of aromatic hydroxyl groups is 1. The number of rotatable bonds is 1. The van der Waals surface area contributed by atoms with E-state index in [1.165, 1.54) is 13.0 Å². The van der Waals surface area contributed by atoms with Gasteiger partial charge in [-0.15, -0.1) is 0 Å². The van der Waals surface area contributed by atoms with Crippen molar-refractivity contribution in [3.05, 3.63) is 23.5 Å². The average Bonchev–Trinajstić information content (AvgIpc) is 2.18. The van der Waals surface area contributed by atoms with Crippen LogP contribution in [0.15, 0.2) is 22.1 Å². The number of phenols is 1. The normalized spacial score (nSPS) is 11.2. The molecule has 0 aromatic heterocycles. The summed E-state index contributed by atoms with van der Waals surface area (Å²) >= 11 is 0. The van der Waals surface area contributed by atoms with Crippen LogP contribution in [0.25, 0.3) is 0 Å². The van der Waals surface area contributed by atoms with Gasteiger partial charge in [-0.1, -0.05) is 0 Å². The van der Waals surface area contributed by atoms with Crippen molar-refractivity contribution in [2.75, 3.05) is 0 Å². The number of halogens is 1. The molecule has 0 saturated heterocycles. The fraction of sp³-hybridized carbons (Fsp3) is 0.111. The van der Waals surface area contributed by atoms with Gasteiger partial charge in [0, 0.05) is 5.56 Å². The van der Waals surface area contributed by atoms with Gasteiger partial charge < -0.3 is 22.3 Å². The second kappa shape index (κ2) is 4.47. The van der Waals surface area contributed by atoms with E-state index in [2.05, 4.69) is 9.98 Å². The van der Waals surface area contributed by atoms with E-state index in [-0.39, 0.29) is 28.9 Å². The Labute approximate surface area is 91.3 Å². The number of phenolic OH excluding ortho intramolecular Hbond substituents is 1. The van der Waals surface area contributed by atoms with Crippen molar-refractivity contribution < 1.29 is 9.50 Å². The van der Waals surface area contributed by atoms with Gasteiger partial charge in [-0.25, -0.2) is 9.38 Å². The molecule has 0 heterocycles. The second-order valence-corrected chi connectivity index (χ2v) is 3.05. The molecule has 0 aliphatic carbocycles. The molecule has 0 aliphatic heterocycles. The summed E-state index contributed by atoms with van der Waals surface area (Å²) in [6.45, 7) is 1.42. The molecule has 6 nitrogen and oxygen atoms in total. The van der Waals surface area contributed by atoms with Crippen LogP contribution in [0.1, 0.15) is 5.56 Å². The zero-order valence-electron chi connectivity index (χ0n) is 8.61. The number of guanidine groups is 2. The highest BCUT2D eigenvalue weighted by molar-refractivity contribution is 5.93. The fourth-order valence-corrected chi connectivity index (χ4v) is 1.03. The van der Waals surface area contributed by atoms with E-state index in [1.54, 1.807) is 0 Å². The molecular formula is C9H12FN5O. The monoisotopic (exact) mass is 225 g/mol. The molecule has 1 aromatic carbocycles. The van der Waals surface area contributed by atoms with Crippen LogP contribution in [0.2, 0.25) is 0 Å². The fourth-order valence-electron chi connectivity index (χ4n) is 1.03. The molecule has 0 bridgehead atoms. The van der Waals surface area contributed by atoms with Crippen molar-refractivity contribution in [3.8, 4) is 5.75 Å². The van der Waals surface area contributed by atoms with E-state index >= 15 is 0 Å². The van der Waals surface area contributed by atoms with E-state index in [0.717, 1.165) is 6.07 Å². The number of hydrogen-bond donors (Lipinski definition) is 4. The molecule has 1 rings (SSSR count). The Morgan fingerprint density at radius 3 is 2.50 bits per heavy atom. The first-order valence-electron chi connectivity index (χ1n) is 4.33. The van der Waals surface area contributed by atoms with Gasteiger partial charge in [-0.2, -0.15) is 4.99 Å². The smallest absolute Gasteiger partial charge is 0.223 e. The van der Waals surface area contributed by atoms with Gasteiger partial charge >= 0.3 is 0 Å². The Kier molecular flexibility index (Phi) is 3.29. The molecule has 0 spiro atoms. The lowest BCUT2D eigenvalue weighted by atomic mass is 10.2. The van der Waals surface area contributed by atoms with Gasteiger partial charge in [-0.3, -0.25) is 0 Å². The van der Waals surface area contributed by atoms with Crippen LogP contribution >= 0.6 is 0 Å². The second-order valence-electron chi connectivity index (χ2n) is 3.05. The highest BCUT2D eigenvalue weighted by atomic mass is 19.1. The third-order valence-corrected chi connectivity index (χ3v) is 1.82. The van der Waals surface area contributed by atoms with E-state index in [4.69, 9.17) is 17.2 Å². The molecule has 0 aliphatic rings. The molecule has 0 fully saturated rings. The van der Waals surface area contributed by atoms with Crippen molar-refractivity contribution in [1.29, 1.82) is 0 Å². The van der Waals surface area contributed by atoms with Crippen LogP contribution in [-0.2, 0) is 0 Å². The molecule has 0 radical (unpaired) electrons. The Bertz CT molecular complexity index is 465. The molecule has 0 unspecified atom stereocenters. The summed E-state index contributed by atoms with van der Waals surface area (Å²) in [5.74, 6) is -1.30. The lowest BCUT2D eigenvalue weighted by molar-refractivity contribution is 0.464. The summed E-state index contributed by atoms with van der Waals surface area (Å²) in [6.07, 6.45) is 0. The summed E-state index contributed by atoms with van der Waals surface area (Å²) in [6, 6.07) is 2.43. The summed E-state index contributed by atoms with van der Waals surface area (Å²) in [7, 11) is 0. The average molecular weight is 225 g/mol. The van der Waals surface area contributed by atoms with Crippen LogP contribution < -0.4 is 17.2 Å². The Morgan fingerprint density at radius 2 is 1.94 bits per heavy atom. The molecule has 1 aromatic rings. The van der Waals surface area contributed by atoms with E-state index < -0.39 is 5.82 Å². The SMILES string of the molecule is Cc1c(F)ccc(N=C(N)N=C(N)N)c1O. The quantitative estimate of drug-likeness (QED) is 0.398. The molecule has 7 N–H and O–H groups in total. The number of aliphatic imine (C=N–C) groups is 2. The minimum absolute atomic E-state index is 0.0822. The largest absolute Gasteiger partial charge is 0.505 e. The molecule has 0 atom stereocenters. The topological polar surface area (TPSA) is 123 Å². The summed E-state index contributed by atoms with van der Waals surface area (Å²) in [5, 5.41) is 9.55. The van der Waals surface area contributed by atoms with Crippen molar-refractivity contribution >= 4 is 17.6 Å². The predicted octanol–water partition coefficient (Wildman–Crippen LogP) is 0.0593. The molecule has 0 amide bonds. The number of nitrogens with two attached hydrogens (primary N) is 3. The predicted molar refractivity (Wildman–Crippen MR) is 59.9 cm³/mol. The van der Waals surface area contributed by atoms with Crippen LogP contribution in [0, 0.1) is 12.7 Å². The van der Waals surface area contributed by atoms with Crippen LogP contribution in [-0.4, -0.2) is 17.0 Å². The maximum absolute atomic E-state index is 13.0. The lowest BCUT2D eigenvalue weighted by Gasteiger charge is -2.03. The molecule has 0 saturated carbocycles. The van der Waals surface area contributed by atoms with Gasteiger partial charge in [0.2, 0.25) is 5.96 Å². The first-order valence-corrected chi connectivity index (χ1v) is 4.33. The van der Waals surface area contributed by atoms with Gasteiger partial charge in [0.15, 0.2) is 5.96 Å². The van der Waals surface area contributed by atoms with E-state index in [0.29, 0.717) is 0 Å². The van der Waals surface area contributed by atoms with Crippen LogP contribution in [0.3, 0.4) is 0 Å². The zero-order chi connectivity index (χ0) is 12.3. The van der Waals surface area contributed by atoms with Crippen molar-refractivity contribution in [2.45, 2.75) is 6.92 Å². The third-order valence-electron chi connectivity index (χ3n) is 1.82. The van der Waals surface area contributed by atoms with Crippen LogP contribution in [0.4, 0.5) is 10.1 Å². The summed E-state index contributed by atoms with van der Waals surface area (Å²) in [4.78, 5) is 7.19. The van der Waals surface area contributed by atoms with Crippen molar-refractivity contribution in [2.24, 2.45) is 27.2 Å². The third kappa shape index (κ3) is 2.59. The minimum Gasteiger partial charge on any atom is -0.505 e. The van der Waals surface area contributed by atoms with E-state index in [9.17, 15) is 9.50 Å². The number of benzene rings is 1. The highest BCUT2D eigenvalue weighted by Gasteiger charge is 2.08. The van der Waals surface area contributed by atoms with Crippen molar-refractivity contribution in [1.82, 2.24) is 0 Å². The summed E-state index contributed by atoms with van der Waals surface area (Å²) < 4.78 is 13.0. The number of hydrogen-bond acceptors (Lipinski definition) is 2. The molecular weight excluding hydrogens is 213 g/mol. The van der Waals surface area contributed by atoms with Gasteiger partial charge in [0.25, 0.3) is 0 Å². The summed E-state index contributed by atoms with van der Waals surface area (Å²) in [5.41, 5.74) is 15.7. The Hall–Kier alpha value is -2.31. The van der Waals surface area contributed by atoms with E-state index in [1.807, 2.05) is 0 Å².